The molecule has 0 spiro atoms. The highest BCUT2D eigenvalue weighted by Crippen LogP contribution is 2.29. The largest absolute Gasteiger partial charge is 0.416 e. The number of nitrogens with zero attached hydrogens (tertiary/aromatic N) is 2. The van der Waals surface area contributed by atoms with Crippen molar-refractivity contribution < 1.29 is 13.2 Å². The second-order valence-electron chi connectivity index (χ2n) is 6.97. The van der Waals surface area contributed by atoms with Crippen molar-refractivity contribution in [2.45, 2.75) is 25.6 Å². The number of rotatable bonds is 4. The summed E-state index contributed by atoms with van der Waals surface area (Å²) >= 11 is 0. The summed E-state index contributed by atoms with van der Waals surface area (Å²) in [5.41, 5.74) is 0.196. The van der Waals surface area contributed by atoms with Crippen LogP contribution in [0.3, 0.4) is 0 Å². The van der Waals surface area contributed by atoms with E-state index < -0.39 is 11.7 Å². The zero-order valence-corrected chi connectivity index (χ0v) is 15.2. The summed E-state index contributed by atoms with van der Waals surface area (Å²) in [6, 6.07) is 5.71. The summed E-state index contributed by atoms with van der Waals surface area (Å²) in [4.78, 5) is 4.77. The Hall–Kier alpha value is -0.820. The van der Waals surface area contributed by atoms with Crippen LogP contribution in [0.15, 0.2) is 24.3 Å². The highest BCUT2D eigenvalue weighted by molar-refractivity contribution is 5.85. The summed E-state index contributed by atoms with van der Waals surface area (Å²) in [6.07, 6.45) is -1.75. The van der Waals surface area contributed by atoms with Gasteiger partial charge in [0.2, 0.25) is 0 Å². The summed E-state index contributed by atoms with van der Waals surface area (Å²) in [6.45, 7) is 7.92. The summed E-state index contributed by atoms with van der Waals surface area (Å²) in [5.74, 6) is 0.793. The first-order valence-corrected chi connectivity index (χ1v) is 8.82. The van der Waals surface area contributed by atoms with E-state index in [1.807, 2.05) is 0 Å². The van der Waals surface area contributed by atoms with Gasteiger partial charge in [-0.3, -0.25) is 4.90 Å². The average Bonchev–Trinajstić information content (AvgIpc) is 2.57. The van der Waals surface area contributed by atoms with Crippen molar-refractivity contribution in [3.63, 3.8) is 0 Å². The molecule has 1 aromatic carbocycles. The van der Waals surface area contributed by atoms with E-state index in [1.165, 1.54) is 31.5 Å². The zero-order valence-electron chi connectivity index (χ0n) is 14.4. The Balaban J connectivity index is 0.00000225. The maximum absolute atomic E-state index is 12.8. The van der Waals surface area contributed by atoms with E-state index in [9.17, 15) is 13.2 Å². The van der Waals surface area contributed by atoms with Crippen LogP contribution in [0.5, 0.6) is 0 Å². The molecular formula is C18H27ClF3N3. The molecule has 0 aliphatic carbocycles. The lowest BCUT2D eigenvalue weighted by atomic mass is 9.97. The molecule has 142 valence electrons. The quantitative estimate of drug-likeness (QED) is 0.869. The number of nitrogens with one attached hydrogen (secondary N) is 1. The van der Waals surface area contributed by atoms with Gasteiger partial charge in [-0.25, -0.2) is 0 Å². The van der Waals surface area contributed by atoms with E-state index >= 15 is 0 Å². The van der Waals surface area contributed by atoms with Crippen LogP contribution in [0.4, 0.5) is 13.2 Å². The standard InChI is InChI=1S/C18H26F3N3.ClH/c19-18(20,21)17-3-1-2-16(12-17)14-24-10-8-23(9-11-24)13-15-4-6-22-7-5-15;/h1-3,12,15,22H,4-11,13-14H2;1H. The van der Waals surface area contributed by atoms with Gasteiger partial charge in [0, 0.05) is 39.3 Å². The van der Waals surface area contributed by atoms with Crippen molar-refractivity contribution in [3.8, 4) is 0 Å². The molecule has 2 aliphatic rings. The Bertz CT molecular complexity index is 525. The average molecular weight is 378 g/mol. The van der Waals surface area contributed by atoms with Crippen molar-refractivity contribution >= 4 is 12.4 Å². The second-order valence-corrected chi connectivity index (χ2v) is 6.97. The maximum atomic E-state index is 12.8. The molecule has 2 heterocycles. The van der Waals surface area contributed by atoms with E-state index in [0.717, 1.165) is 56.8 Å². The lowest BCUT2D eigenvalue weighted by Gasteiger charge is -2.37. The number of hydrogen-bond donors (Lipinski definition) is 1. The molecule has 0 unspecified atom stereocenters. The molecule has 1 N–H and O–H groups in total. The number of piperidine rings is 1. The molecule has 0 aromatic heterocycles. The van der Waals surface area contributed by atoms with Gasteiger partial charge in [0.25, 0.3) is 0 Å². The van der Waals surface area contributed by atoms with Gasteiger partial charge < -0.3 is 10.2 Å². The van der Waals surface area contributed by atoms with Crippen molar-refractivity contribution in [3.05, 3.63) is 35.4 Å². The van der Waals surface area contributed by atoms with Crippen LogP contribution in [0.25, 0.3) is 0 Å². The van der Waals surface area contributed by atoms with E-state index in [2.05, 4.69) is 15.1 Å². The fourth-order valence-corrected chi connectivity index (χ4v) is 3.66. The van der Waals surface area contributed by atoms with E-state index in [1.54, 1.807) is 6.07 Å². The Kier molecular flexibility index (Phi) is 7.55. The van der Waals surface area contributed by atoms with Crippen LogP contribution < -0.4 is 5.32 Å². The molecule has 3 rings (SSSR count). The molecule has 2 saturated heterocycles. The fraction of sp³-hybridized carbons (Fsp3) is 0.667. The third-order valence-corrected chi connectivity index (χ3v) is 5.10. The summed E-state index contributed by atoms with van der Waals surface area (Å²) in [7, 11) is 0. The molecule has 0 saturated carbocycles. The predicted octanol–water partition coefficient (Wildman–Crippen LogP) is 3.24. The van der Waals surface area contributed by atoms with Crippen molar-refractivity contribution in [2.24, 2.45) is 5.92 Å². The first kappa shape index (κ1) is 20.5. The van der Waals surface area contributed by atoms with Gasteiger partial charge in [-0.1, -0.05) is 18.2 Å². The highest BCUT2D eigenvalue weighted by Gasteiger charge is 2.30. The van der Waals surface area contributed by atoms with Gasteiger partial charge in [-0.15, -0.1) is 12.4 Å². The van der Waals surface area contributed by atoms with Gasteiger partial charge in [0.05, 0.1) is 5.56 Å². The molecule has 7 heteroatoms. The van der Waals surface area contributed by atoms with Crippen molar-refractivity contribution in [1.82, 2.24) is 15.1 Å². The number of benzene rings is 1. The maximum Gasteiger partial charge on any atom is 0.416 e. The Morgan fingerprint density at radius 2 is 1.64 bits per heavy atom. The number of halogens is 4. The smallest absolute Gasteiger partial charge is 0.317 e. The highest BCUT2D eigenvalue weighted by atomic mass is 35.5. The summed E-state index contributed by atoms with van der Waals surface area (Å²) < 4.78 is 38.4. The van der Waals surface area contributed by atoms with Gasteiger partial charge >= 0.3 is 6.18 Å². The molecule has 2 aliphatic heterocycles. The van der Waals surface area contributed by atoms with E-state index in [-0.39, 0.29) is 12.4 Å². The third kappa shape index (κ3) is 6.13. The third-order valence-electron chi connectivity index (χ3n) is 5.10. The molecule has 1 aromatic rings. The van der Waals surface area contributed by atoms with Gasteiger partial charge in [0.1, 0.15) is 0 Å². The normalized spacial score (nSPS) is 21.1. The van der Waals surface area contributed by atoms with Crippen LogP contribution in [0.2, 0.25) is 0 Å². The van der Waals surface area contributed by atoms with Gasteiger partial charge in [-0.05, 0) is 43.5 Å². The second kappa shape index (κ2) is 9.21. The molecular weight excluding hydrogens is 351 g/mol. The van der Waals surface area contributed by atoms with Crippen LogP contribution in [0, 0.1) is 5.92 Å². The minimum Gasteiger partial charge on any atom is -0.317 e. The molecule has 2 fully saturated rings. The van der Waals surface area contributed by atoms with E-state index in [4.69, 9.17) is 0 Å². The monoisotopic (exact) mass is 377 g/mol. The fourth-order valence-electron chi connectivity index (χ4n) is 3.66. The molecule has 0 atom stereocenters. The Morgan fingerprint density at radius 1 is 1.00 bits per heavy atom. The lowest BCUT2D eigenvalue weighted by molar-refractivity contribution is -0.137. The zero-order chi connectivity index (χ0) is 17.0. The molecule has 3 nitrogen and oxygen atoms in total. The van der Waals surface area contributed by atoms with Crippen molar-refractivity contribution in [1.29, 1.82) is 0 Å². The molecule has 25 heavy (non-hydrogen) atoms. The van der Waals surface area contributed by atoms with Crippen LogP contribution in [-0.4, -0.2) is 55.6 Å². The lowest BCUT2D eigenvalue weighted by Crippen LogP contribution is -2.48. The Labute approximate surface area is 154 Å². The topological polar surface area (TPSA) is 18.5 Å². The Morgan fingerprint density at radius 3 is 2.28 bits per heavy atom. The molecule has 0 amide bonds. The molecule has 0 radical (unpaired) electrons. The minimum absolute atomic E-state index is 0. The van der Waals surface area contributed by atoms with Crippen LogP contribution in [-0.2, 0) is 12.7 Å². The number of piperazine rings is 1. The van der Waals surface area contributed by atoms with Crippen LogP contribution >= 0.6 is 12.4 Å². The van der Waals surface area contributed by atoms with Crippen LogP contribution in [0.1, 0.15) is 24.0 Å². The van der Waals surface area contributed by atoms with Gasteiger partial charge in [0.15, 0.2) is 0 Å². The number of hydrogen-bond acceptors (Lipinski definition) is 3. The van der Waals surface area contributed by atoms with Gasteiger partial charge in [-0.2, -0.15) is 13.2 Å². The first-order valence-electron chi connectivity index (χ1n) is 8.82. The molecule has 0 bridgehead atoms. The first-order chi connectivity index (χ1) is 11.5. The number of alkyl halides is 3. The summed E-state index contributed by atoms with van der Waals surface area (Å²) in [5, 5.41) is 3.39. The minimum atomic E-state index is -4.26. The predicted molar refractivity (Wildman–Crippen MR) is 96.0 cm³/mol. The van der Waals surface area contributed by atoms with E-state index in [0.29, 0.717) is 6.54 Å². The SMILES string of the molecule is Cl.FC(F)(F)c1cccc(CN2CCN(CC3CCNCC3)CC2)c1. The van der Waals surface area contributed by atoms with Crippen molar-refractivity contribution in [2.75, 3.05) is 45.8 Å².